The number of ether oxygens (including phenoxy) is 2. The van der Waals surface area contributed by atoms with Gasteiger partial charge in [0.05, 0.1) is 27.0 Å². The van der Waals surface area contributed by atoms with Gasteiger partial charge in [0.2, 0.25) is 0 Å². The number of anilines is 1. The van der Waals surface area contributed by atoms with Gasteiger partial charge in [-0.15, -0.1) is 0 Å². The van der Waals surface area contributed by atoms with E-state index in [0.717, 1.165) is 17.0 Å². The monoisotopic (exact) mass is 365 g/mol. The molecule has 7 heteroatoms. The van der Waals surface area contributed by atoms with Crippen LogP contribution in [-0.2, 0) is 6.54 Å². The van der Waals surface area contributed by atoms with Crippen LogP contribution in [0.4, 0.5) is 5.82 Å². The summed E-state index contributed by atoms with van der Waals surface area (Å²) in [5, 5.41) is 4.84. The topological polar surface area (TPSA) is 88.1 Å². The van der Waals surface area contributed by atoms with E-state index in [-0.39, 0.29) is 0 Å². The molecule has 1 fully saturated rings. The highest BCUT2D eigenvalue weighted by Crippen LogP contribution is 2.43. The smallest absolute Gasteiger partial charge is 0.182 e. The summed E-state index contributed by atoms with van der Waals surface area (Å²) in [6.07, 6.45) is 3.98. The van der Waals surface area contributed by atoms with Crippen LogP contribution < -0.4 is 15.2 Å². The van der Waals surface area contributed by atoms with Crippen LogP contribution in [0.2, 0.25) is 0 Å². The fourth-order valence-corrected chi connectivity index (χ4v) is 3.33. The van der Waals surface area contributed by atoms with Gasteiger partial charge in [0.25, 0.3) is 0 Å². The maximum absolute atomic E-state index is 5.96. The zero-order chi connectivity index (χ0) is 19.0. The molecule has 1 aliphatic rings. The number of nitrogens with two attached hydrogens (primary N) is 1. The minimum atomic E-state index is 0.319. The zero-order valence-corrected chi connectivity index (χ0v) is 15.8. The first-order valence-electron chi connectivity index (χ1n) is 8.97. The molecule has 1 saturated carbocycles. The number of hydrogen-bond donors (Lipinski definition) is 1. The lowest BCUT2D eigenvalue weighted by atomic mass is 10.1. The van der Waals surface area contributed by atoms with Crippen molar-refractivity contribution in [2.75, 3.05) is 20.0 Å². The molecule has 0 aliphatic heterocycles. The predicted molar refractivity (Wildman–Crippen MR) is 103 cm³/mol. The van der Waals surface area contributed by atoms with E-state index in [9.17, 15) is 0 Å². The van der Waals surface area contributed by atoms with Crippen molar-refractivity contribution in [2.45, 2.75) is 32.2 Å². The van der Waals surface area contributed by atoms with Crippen molar-refractivity contribution >= 4 is 5.82 Å². The summed E-state index contributed by atoms with van der Waals surface area (Å²) < 4.78 is 12.5. The number of rotatable bonds is 6. The molecule has 0 spiro atoms. The Morgan fingerprint density at radius 1 is 1.15 bits per heavy atom. The molecular weight excluding hydrogens is 342 g/mol. The molecule has 2 heterocycles. The van der Waals surface area contributed by atoms with Crippen LogP contribution in [0.5, 0.6) is 11.5 Å². The SMILES string of the molecule is COc1ccc(Cn2nc(-c3ncc(OC)c(N)n3)c(C)c2C2CC2)cc1. The van der Waals surface area contributed by atoms with Crippen molar-refractivity contribution < 1.29 is 9.47 Å². The molecule has 0 radical (unpaired) electrons. The van der Waals surface area contributed by atoms with Crippen LogP contribution in [0.15, 0.2) is 30.5 Å². The van der Waals surface area contributed by atoms with Crippen LogP contribution in [0.3, 0.4) is 0 Å². The minimum absolute atomic E-state index is 0.319. The number of methoxy groups -OCH3 is 2. The van der Waals surface area contributed by atoms with E-state index in [1.165, 1.54) is 24.1 Å². The molecule has 0 saturated heterocycles. The molecule has 4 rings (SSSR count). The van der Waals surface area contributed by atoms with Crippen LogP contribution >= 0.6 is 0 Å². The first-order valence-corrected chi connectivity index (χ1v) is 8.97. The normalized spacial score (nSPS) is 13.6. The highest BCUT2D eigenvalue weighted by molar-refractivity contribution is 5.60. The number of hydrogen-bond acceptors (Lipinski definition) is 6. The maximum Gasteiger partial charge on any atom is 0.182 e. The third-order valence-electron chi connectivity index (χ3n) is 4.91. The molecule has 0 bridgehead atoms. The first-order chi connectivity index (χ1) is 13.1. The Morgan fingerprint density at radius 2 is 1.89 bits per heavy atom. The Balaban J connectivity index is 1.71. The quantitative estimate of drug-likeness (QED) is 0.722. The molecule has 7 nitrogen and oxygen atoms in total. The Labute approximate surface area is 158 Å². The third-order valence-corrected chi connectivity index (χ3v) is 4.91. The molecule has 27 heavy (non-hydrogen) atoms. The second kappa shape index (κ2) is 6.90. The summed E-state index contributed by atoms with van der Waals surface area (Å²) in [6.45, 7) is 2.78. The van der Waals surface area contributed by atoms with Crippen LogP contribution in [-0.4, -0.2) is 34.0 Å². The fourth-order valence-electron chi connectivity index (χ4n) is 3.33. The Kier molecular flexibility index (Phi) is 4.43. The first kappa shape index (κ1) is 17.3. The van der Waals surface area contributed by atoms with Gasteiger partial charge in [-0.25, -0.2) is 9.97 Å². The predicted octanol–water partition coefficient (Wildman–Crippen LogP) is 3.17. The number of nitrogens with zero attached hydrogens (tertiary/aromatic N) is 4. The van der Waals surface area contributed by atoms with E-state index >= 15 is 0 Å². The fraction of sp³-hybridized carbons (Fsp3) is 0.350. The Hall–Kier alpha value is -3.09. The molecular formula is C20H23N5O2. The summed E-state index contributed by atoms with van der Waals surface area (Å²) in [6, 6.07) is 8.06. The minimum Gasteiger partial charge on any atom is -0.497 e. The van der Waals surface area contributed by atoms with Gasteiger partial charge in [-0.05, 0) is 37.5 Å². The van der Waals surface area contributed by atoms with Crippen LogP contribution in [0.1, 0.15) is 35.6 Å². The number of nitrogen functional groups attached to an aromatic ring is 1. The highest BCUT2D eigenvalue weighted by atomic mass is 16.5. The lowest BCUT2D eigenvalue weighted by Crippen LogP contribution is -2.06. The van der Waals surface area contributed by atoms with Gasteiger partial charge in [0, 0.05) is 17.2 Å². The number of aromatic nitrogens is 4. The van der Waals surface area contributed by atoms with Crippen molar-refractivity contribution in [1.82, 2.24) is 19.7 Å². The van der Waals surface area contributed by atoms with E-state index in [1.807, 2.05) is 12.1 Å². The second-order valence-corrected chi connectivity index (χ2v) is 6.79. The van der Waals surface area contributed by atoms with E-state index in [1.54, 1.807) is 20.4 Å². The van der Waals surface area contributed by atoms with Crippen molar-refractivity contribution in [2.24, 2.45) is 0 Å². The standard InChI is InChI=1S/C20H23N5O2/c1-12-17(20-22-10-16(27-3)19(21)23-20)24-25(18(12)14-6-7-14)11-13-4-8-15(26-2)9-5-13/h4-5,8-10,14H,6-7,11H2,1-3H3,(H2,21,22,23). The largest absolute Gasteiger partial charge is 0.497 e. The summed E-state index contributed by atoms with van der Waals surface area (Å²) in [4.78, 5) is 8.79. The van der Waals surface area contributed by atoms with Gasteiger partial charge in [0.15, 0.2) is 17.4 Å². The summed E-state index contributed by atoms with van der Waals surface area (Å²) in [7, 11) is 3.22. The van der Waals surface area contributed by atoms with Gasteiger partial charge >= 0.3 is 0 Å². The van der Waals surface area contributed by atoms with Crippen LogP contribution in [0.25, 0.3) is 11.5 Å². The van der Waals surface area contributed by atoms with Gasteiger partial charge in [-0.2, -0.15) is 5.10 Å². The van der Waals surface area contributed by atoms with Crippen molar-refractivity contribution in [3.05, 3.63) is 47.3 Å². The molecule has 3 aromatic rings. The summed E-state index contributed by atoms with van der Waals surface area (Å²) >= 11 is 0. The van der Waals surface area contributed by atoms with Crippen molar-refractivity contribution in [3.8, 4) is 23.0 Å². The summed E-state index contributed by atoms with van der Waals surface area (Å²) in [5.74, 6) is 2.72. The average molecular weight is 365 g/mol. The maximum atomic E-state index is 5.96. The molecule has 0 atom stereocenters. The van der Waals surface area contributed by atoms with Gasteiger partial charge in [0.1, 0.15) is 11.4 Å². The lowest BCUT2D eigenvalue weighted by molar-refractivity contribution is 0.413. The molecule has 1 aliphatic carbocycles. The number of benzene rings is 1. The molecule has 0 amide bonds. The van der Waals surface area contributed by atoms with E-state index in [0.29, 0.717) is 29.9 Å². The average Bonchev–Trinajstić information content (AvgIpc) is 3.46. The molecule has 1 aromatic carbocycles. The highest BCUT2D eigenvalue weighted by Gasteiger charge is 2.31. The molecule has 0 unspecified atom stereocenters. The van der Waals surface area contributed by atoms with Crippen molar-refractivity contribution in [1.29, 1.82) is 0 Å². The van der Waals surface area contributed by atoms with Crippen LogP contribution in [0, 0.1) is 6.92 Å². The van der Waals surface area contributed by atoms with Gasteiger partial charge in [-0.1, -0.05) is 12.1 Å². The van der Waals surface area contributed by atoms with Gasteiger partial charge < -0.3 is 15.2 Å². The molecule has 2 N–H and O–H groups in total. The Morgan fingerprint density at radius 3 is 2.48 bits per heavy atom. The third kappa shape index (κ3) is 3.32. The zero-order valence-electron chi connectivity index (χ0n) is 15.8. The van der Waals surface area contributed by atoms with Crippen molar-refractivity contribution in [3.63, 3.8) is 0 Å². The molecule has 140 valence electrons. The molecule has 2 aromatic heterocycles. The Bertz CT molecular complexity index is 961. The van der Waals surface area contributed by atoms with E-state index < -0.39 is 0 Å². The second-order valence-electron chi connectivity index (χ2n) is 6.79. The lowest BCUT2D eigenvalue weighted by Gasteiger charge is -2.08. The van der Waals surface area contributed by atoms with E-state index in [4.69, 9.17) is 20.3 Å². The van der Waals surface area contributed by atoms with Gasteiger partial charge in [-0.3, -0.25) is 4.68 Å². The van der Waals surface area contributed by atoms with E-state index in [2.05, 4.69) is 33.7 Å². The summed E-state index contributed by atoms with van der Waals surface area (Å²) in [5.41, 5.74) is 10.3.